The van der Waals surface area contributed by atoms with Crippen LogP contribution in [0.5, 0.6) is 0 Å². The lowest BCUT2D eigenvalue weighted by Crippen LogP contribution is -2.32. The Kier molecular flexibility index (Phi) is 4.47. The van der Waals surface area contributed by atoms with Gasteiger partial charge in [0, 0.05) is 21.9 Å². The van der Waals surface area contributed by atoms with Crippen molar-refractivity contribution in [2.45, 2.75) is 36.0 Å². The van der Waals surface area contributed by atoms with Crippen LogP contribution in [0.2, 0.25) is 0 Å². The molecule has 3 heteroatoms. The number of benzene rings is 1. The van der Waals surface area contributed by atoms with Crippen molar-refractivity contribution in [1.29, 1.82) is 0 Å². The largest absolute Gasteiger partial charge is 0.381 e. The molecule has 16 heavy (non-hydrogen) atoms. The summed E-state index contributed by atoms with van der Waals surface area (Å²) in [6.45, 7) is 2.33. The zero-order chi connectivity index (χ0) is 11.4. The van der Waals surface area contributed by atoms with E-state index in [0.717, 1.165) is 5.25 Å². The monoisotopic (exact) mass is 253 g/mol. The molecule has 1 aliphatic rings. The molecule has 1 heterocycles. The first kappa shape index (κ1) is 12.2. The van der Waals surface area contributed by atoms with Crippen molar-refractivity contribution >= 4 is 29.2 Å². The van der Waals surface area contributed by atoms with E-state index < -0.39 is 0 Å². The number of rotatable bonds is 3. The molecule has 1 aromatic carbocycles. The van der Waals surface area contributed by atoms with Crippen LogP contribution in [-0.4, -0.2) is 23.3 Å². The highest BCUT2D eigenvalue weighted by molar-refractivity contribution is 8.00. The van der Waals surface area contributed by atoms with Crippen LogP contribution in [0.15, 0.2) is 29.2 Å². The van der Waals surface area contributed by atoms with E-state index in [0.29, 0.717) is 6.04 Å². The second-order valence-electron chi connectivity index (χ2n) is 4.20. The number of hydrogen-bond donors (Lipinski definition) is 1. The molecular formula is C13H19NS2. The molecule has 1 fully saturated rings. The van der Waals surface area contributed by atoms with Gasteiger partial charge in [0.2, 0.25) is 0 Å². The molecule has 0 bridgehead atoms. The summed E-state index contributed by atoms with van der Waals surface area (Å²) >= 11 is 3.88. The Morgan fingerprint density at radius 1 is 1.31 bits per heavy atom. The van der Waals surface area contributed by atoms with E-state index in [1.165, 1.54) is 29.2 Å². The molecular weight excluding hydrogens is 234 g/mol. The Bertz CT molecular complexity index is 323. The molecule has 0 aromatic heterocycles. The molecule has 0 spiro atoms. The van der Waals surface area contributed by atoms with Crippen LogP contribution in [0.4, 0.5) is 5.69 Å². The second kappa shape index (κ2) is 5.87. The molecule has 1 aliphatic heterocycles. The SMILES string of the molecule is CSc1ccc(NC2CCCSC2C)cc1. The first-order valence-electron chi connectivity index (χ1n) is 5.82. The number of thioether (sulfide) groups is 2. The summed E-state index contributed by atoms with van der Waals surface area (Å²) in [5.74, 6) is 1.32. The van der Waals surface area contributed by atoms with Crippen LogP contribution in [0, 0.1) is 0 Å². The topological polar surface area (TPSA) is 12.0 Å². The van der Waals surface area contributed by atoms with Crippen LogP contribution >= 0.6 is 23.5 Å². The highest BCUT2D eigenvalue weighted by Gasteiger charge is 2.21. The quantitative estimate of drug-likeness (QED) is 0.814. The lowest BCUT2D eigenvalue weighted by atomic mass is 10.1. The molecule has 1 aromatic rings. The highest BCUT2D eigenvalue weighted by Crippen LogP contribution is 2.28. The summed E-state index contributed by atoms with van der Waals surface area (Å²) < 4.78 is 0. The average Bonchev–Trinajstić information content (AvgIpc) is 2.33. The van der Waals surface area contributed by atoms with Gasteiger partial charge in [-0.1, -0.05) is 6.92 Å². The summed E-state index contributed by atoms with van der Waals surface area (Å²) in [5, 5.41) is 4.38. The Morgan fingerprint density at radius 3 is 2.69 bits per heavy atom. The normalized spacial score (nSPS) is 25.4. The Hall–Kier alpha value is -0.280. The first-order valence-corrected chi connectivity index (χ1v) is 8.09. The maximum Gasteiger partial charge on any atom is 0.0377 e. The van der Waals surface area contributed by atoms with Gasteiger partial charge < -0.3 is 5.32 Å². The molecule has 0 radical (unpaired) electrons. The van der Waals surface area contributed by atoms with Gasteiger partial charge in [0.05, 0.1) is 0 Å². The summed E-state index contributed by atoms with van der Waals surface area (Å²) in [4.78, 5) is 1.33. The van der Waals surface area contributed by atoms with E-state index in [4.69, 9.17) is 0 Å². The predicted molar refractivity (Wildman–Crippen MR) is 76.8 cm³/mol. The molecule has 2 unspecified atom stereocenters. The minimum Gasteiger partial charge on any atom is -0.381 e. The molecule has 2 rings (SSSR count). The zero-order valence-electron chi connectivity index (χ0n) is 9.90. The van der Waals surface area contributed by atoms with Crippen LogP contribution in [0.1, 0.15) is 19.8 Å². The fourth-order valence-electron chi connectivity index (χ4n) is 2.01. The van der Waals surface area contributed by atoms with Gasteiger partial charge in [0.1, 0.15) is 0 Å². The molecule has 2 atom stereocenters. The maximum absolute atomic E-state index is 3.65. The van der Waals surface area contributed by atoms with Crippen molar-refractivity contribution in [2.75, 3.05) is 17.3 Å². The second-order valence-corrected chi connectivity index (χ2v) is 6.56. The van der Waals surface area contributed by atoms with E-state index in [9.17, 15) is 0 Å². The van der Waals surface area contributed by atoms with Crippen LogP contribution in [0.25, 0.3) is 0 Å². The van der Waals surface area contributed by atoms with Crippen molar-refractivity contribution in [2.24, 2.45) is 0 Å². The number of nitrogens with one attached hydrogen (secondary N) is 1. The molecule has 0 saturated carbocycles. The lowest BCUT2D eigenvalue weighted by Gasteiger charge is -2.30. The third-order valence-electron chi connectivity index (χ3n) is 3.05. The molecule has 1 nitrogen and oxygen atoms in total. The van der Waals surface area contributed by atoms with Crippen molar-refractivity contribution in [3.63, 3.8) is 0 Å². The minimum absolute atomic E-state index is 0.638. The Labute approximate surface area is 107 Å². The zero-order valence-corrected chi connectivity index (χ0v) is 11.5. The third-order valence-corrected chi connectivity index (χ3v) is 5.17. The lowest BCUT2D eigenvalue weighted by molar-refractivity contribution is 0.617. The Morgan fingerprint density at radius 2 is 2.06 bits per heavy atom. The van der Waals surface area contributed by atoms with Gasteiger partial charge >= 0.3 is 0 Å². The standard InChI is InChI=1S/C13H19NS2/c1-10-13(4-3-9-16-10)14-11-5-7-12(15-2)8-6-11/h5-8,10,13-14H,3-4,9H2,1-2H3. The van der Waals surface area contributed by atoms with Gasteiger partial charge in [-0.2, -0.15) is 11.8 Å². The van der Waals surface area contributed by atoms with Gasteiger partial charge in [-0.15, -0.1) is 11.8 Å². The van der Waals surface area contributed by atoms with Crippen LogP contribution in [0.3, 0.4) is 0 Å². The van der Waals surface area contributed by atoms with Gasteiger partial charge in [0.25, 0.3) is 0 Å². The third kappa shape index (κ3) is 3.11. The fourth-order valence-corrected chi connectivity index (χ4v) is 3.56. The average molecular weight is 253 g/mol. The summed E-state index contributed by atoms with van der Waals surface area (Å²) in [5.41, 5.74) is 1.26. The van der Waals surface area contributed by atoms with Gasteiger partial charge in [0.15, 0.2) is 0 Å². The van der Waals surface area contributed by atoms with E-state index in [1.54, 1.807) is 11.8 Å². The van der Waals surface area contributed by atoms with Crippen LogP contribution < -0.4 is 5.32 Å². The van der Waals surface area contributed by atoms with E-state index in [1.807, 2.05) is 0 Å². The molecule has 0 aliphatic carbocycles. The molecule has 1 N–H and O–H groups in total. The van der Waals surface area contributed by atoms with Gasteiger partial charge in [-0.25, -0.2) is 0 Å². The van der Waals surface area contributed by atoms with Crippen LogP contribution in [-0.2, 0) is 0 Å². The minimum atomic E-state index is 0.638. The van der Waals surface area contributed by atoms with Crippen molar-refractivity contribution in [3.8, 4) is 0 Å². The van der Waals surface area contributed by atoms with E-state index in [-0.39, 0.29) is 0 Å². The molecule has 1 saturated heterocycles. The van der Waals surface area contributed by atoms with Crippen molar-refractivity contribution in [1.82, 2.24) is 0 Å². The first-order chi connectivity index (χ1) is 7.79. The summed E-state index contributed by atoms with van der Waals surface area (Å²) in [6, 6.07) is 9.40. The van der Waals surface area contributed by atoms with Gasteiger partial charge in [-0.3, -0.25) is 0 Å². The summed E-state index contributed by atoms with van der Waals surface area (Å²) in [7, 11) is 0. The molecule has 88 valence electrons. The Balaban J connectivity index is 1.96. The van der Waals surface area contributed by atoms with E-state index >= 15 is 0 Å². The predicted octanol–water partition coefficient (Wildman–Crippen LogP) is 4.10. The number of hydrogen-bond acceptors (Lipinski definition) is 3. The highest BCUT2D eigenvalue weighted by atomic mass is 32.2. The maximum atomic E-state index is 3.65. The van der Waals surface area contributed by atoms with Gasteiger partial charge in [-0.05, 0) is 49.1 Å². The number of anilines is 1. The van der Waals surface area contributed by atoms with E-state index in [2.05, 4.69) is 54.5 Å². The smallest absolute Gasteiger partial charge is 0.0377 e. The summed E-state index contributed by atoms with van der Waals surface area (Å²) in [6.07, 6.45) is 4.76. The molecule has 0 amide bonds. The fraction of sp³-hybridized carbons (Fsp3) is 0.538. The van der Waals surface area contributed by atoms with Crippen molar-refractivity contribution < 1.29 is 0 Å². The van der Waals surface area contributed by atoms with Crippen molar-refractivity contribution in [3.05, 3.63) is 24.3 Å².